The van der Waals surface area contributed by atoms with Crippen LogP contribution in [0.15, 0.2) is 60.7 Å². The van der Waals surface area contributed by atoms with Gasteiger partial charge in [0.25, 0.3) is 5.91 Å². The van der Waals surface area contributed by atoms with Crippen LogP contribution < -0.4 is 5.32 Å². The van der Waals surface area contributed by atoms with E-state index >= 15 is 0 Å². The van der Waals surface area contributed by atoms with E-state index in [4.69, 9.17) is 4.74 Å². The highest BCUT2D eigenvalue weighted by molar-refractivity contribution is 7.99. The molecule has 2 aromatic rings. The van der Waals surface area contributed by atoms with E-state index in [-0.39, 0.29) is 5.91 Å². The van der Waals surface area contributed by atoms with E-state index in [2.05, 4.69) is 19.2 Å². The second-order valence-corrected chi connectivity index (χ2v) is 7.45. The molecule has 0 fully saturated rings. The van der Waals surface area contributed by atoms with Crippen LogP contribution in [0, 0.1) is 0 Å². The van der Waals surface area contributed by atoms with Crippen LogP contribution in [0.25, 0.3) is 0 Å². The Morgan fingerprint density at radius 2 is 1.60 bits per heavy atom. The van der Waals surface area contributed by atoms with E-state index in [0.29, 0.717) is 23.0 Å². The lowest BCUT2D eigenvalue weighted by atomic mass is 10.1. The quantitative estimate of drug-likeness (QED) is 0.576. The molecule has 5 heteroatoms. The van der Waals surface area contributed by atoms with Crippen molar-refractivity contribution >= 4 is 23.6 Å². The molecule has 1 N–H and O–H groups in total. The van der Waals surface area contributed by atoms with Gasteiger partial charge in [0.2, 0.25) is 0 Å². The van der Waals surface area contributed by atoms with Crippen LogP contribution in [0.3, 0.4) is 0 Å². The lowest BCUT2D eigenvalue weighted by Crippen LogP contribution is -2.35. The van der Waals surface area contributed by atoms with E-state index in [9.17, 15) is 9.59 Å². The summed E-state index contributed by atoms with van der Waals surface area (Å²) in [5.74, 6) is -0.0137. The third-order valence-electron chi connectivity index (χ3n) is 3.46. The zero-order valence-electron chi connectivity index (χ0n) is 14.5. The molecule has 25 heavy (non-hydrogen) atoms. The van der Waals surface area contributed by atoms with Crippen LogP contribution in [0.2, 0.25) is 0 Å². The molecule has 0 spiro atoms. The van der Waals surface area contributed by atoms with E-state index < -0.39 is 12.0 Å². The number of ether oxygens (including phenoxy) is 1. The van der Waals surface area contributed by atoms with Gasteiger partial charge in [0, 0.05) is 11.3 Å². The fourth-order valence-corrected chi connectivity index (χ4v) is 2.89. The molecule has 0 aliphatic carbocycles. The average molecular weight is 357 g/mol. The van der Waals surface area contributed by atoms with Crippen molar-refractivity contribution < 1.29 is 14.3 Å². The topological polar surface area (TPSA) is 55.4 Å². The molecule has 1 unspecified atom stereocenters. The third-order valence-corrected chi connectivity index (χ3v) is 4.53. The first-order valence-electron chi connectivity index (χ1n) is 8.27. The molecule has 4 nitrogen and oxygen atoms in total. The monoisotopic (exact) mass is 357 g/mol. The summed E-state index contributed by atoms with van der Waals surface area (Å²) in [6.45, 7) is 4.52. The number of thioether (sulfide) groups is 1. The van der Waals surface area contributed by atoms with Gasteiger partial charge < -0.3 is 10.1 Å². The number of amides is 1. The van der Waals surface area contributed by atoms with Crippen molar-refractivity contribution in [1.82, 2.24) is 5.32 Å². The van der Waals surface area contributed by atoms with Gasteiger partial charge in [-0.05, 0) is 22.9 Å². The predicted molar refractivity (Wildman–Crippen MR) is 102 cm³/mol. The van der Waals surface area contributed by atoms with Crippen LogP contribution >= 0.6 is 11.8 Å². The molecule has 0 saturated heterocycles. The van der Waals surface area contributed by atoms with Crippen molar-refractivity contribution in [2.45, 2.75) is 25.1 Å². The Morgan fingerprint density at radius 1 is 1.00 bits per heavy atom. The van der Waals surface area contributed by atoms with Gasteiger partial charge in [-0.25, -0.2) is 4.79 Å². The third kappa shape index (κ3) is 6.27. The van der Waals surface area contributed by atoms with Gasteiger partial charge in [-0.15, -0.1) is 0 Å². The molecular formula is C20H23NO3S. The second kappa shape index (κ2) is 9.89. The molecule has 2 aromatic carbocycles. The summed E-state index contributed by atoms with van der Waals surface area (Å²) in [6, 6.07) is 17.2. The van der Waals surface area contributed by atoms with Crippen LogP contribution in [-0.2, 0) is 9.53 Å². The first-order valence-corrected chi connectivity index (χ1v) is 9.32. The van der Waals surface area contributed by atoms with Crippen molar-refractivity contribution in [3.05, 3.63) is 71.8 Å². The minimum Gasteiger partial charge on any atom is -0.463 e. The summed E-state index contributed by atoms with van der Waals surface area (Å²) >= 11 is 1.73. The fraction of sp³-hybridized carbons (Fsp3) is 0.300. The van der Waals surface area contributed by atoms with Crippen molar-refractivity contribution in [2.75, 3.05) is 12.4 Å². The van der Waals surface area contributed by atoms with E-state index in [1.165, 1.54) is 0 Å². The Balaban J connectivity index is 2.06. The summed E-state index contributed by atoms with van der Waals surface area (Å²) in [5, 5.41) is 3.27. The van der Waals surface area contributed by atoms with Crippen molar-refractivity contribution in [3.63, 3.8) is 0 Å². The molecule has 0 aromatic heterocycles. The zero-order chi connectivity index (χ0) is 18.1. The highest BCUT2D eigenvalue weighted by atomic mass is 32.2. The summed E-state index contributed by atoms with van der Waals surface area (Å²) < 4.78 is 5.37. The normalized spacial score (nSPS) is 11.8. The Labute approximate surface area is 153 Å². The largest absolute Gasteiger partial charge is 0.463 e. The summed E-state index contributed by atoms with van der Waals surface area (Å²) in [6.07, 6.45) is 0. The van der Waals surface area contributed by atoms with Crippen molar-refractivity contribution in [2.24, 2.45) is 0 Å². The van der Waals surface area contributed by atoms with Crippen molar-refractivity contribution in [1.29, 1.82) is 0 Å². The maximum atomic E-state index is 12.5. The number of esters is 1. The lowest BCUT2D eigenvalue weighted by Gasteiger charge is -2.18. The molecule has 0 saturated carbocycles. The van der Waals surface area contributed by atoms with E-state index in [1.807, 2.05) is 24.3 Å². The minimum absolute atomic E-state index is 0.303. The average Bonchev–Trinajstić information content (AvgIpc) is 2.64. The Bertz CT molecular complexity index is 674. The van der Waals surface area contributed by atoms with Gasteiger partial charge in [-0.1, -0.05) is 62.4 Å². The molecule has 132 valence electrons. The predicted octanol–water partition coefficient (Wildman–Crippen LogP) is 3.84. The van der Waals surface area contributed by atoms with Gasteiger partial charge >= 0.3 is 5.97 Å². The van der Waals surface area contributed by atoms with Crippen LogP contribution in [0.5, 0.6) is 0 Å². The molecule has 1 atom stereocenters. The maximum Gasteiger partial charge on any atom is 0.333 e. The second-order valence-electron chi connectivity index (χ2n) is 5.77. The van der Waals surface area contributed by atoms with Crippen LogP contribution in [0.4, 0.5) is 0 Å². The number of benzene rings is 2. The number of hydrogen-bond acceptors (Lipinski definition) is 4. The zero-order valence-corrected chi connectivity index (χ0v) is 15.3. The first kappa shape index (κ1) is 19.1. The smallest absolute Gasteiger partial charge is 0.333 e. The summed E-state index contributed by atoms with van der Waals surface area (Å²) in [7, 11) is 0. The van der Waals surface area contributed by atoms with Gasteiger partial charge in [0.05, 0.1) is 0 Å². The van der Waals surface area contributed by atoms with E-state index in [0.717, 1.165) is 5.75 Å². The molecule has 0 radical (unpaired) electrons. The molecule has 1 amide bonds. The van der Waals surface area contributed by atoms with E-state index in [1.54, 1.807) is 48.2 Å². The first-order chi connectivity index (χ1) is 12.1. The number of carbonyl (C=O) groups is 2. The molecule has 0 aliphatic rings. The van der Waals surface area contributed by atoms with Crippen LogP contribution in [-0.4, -0.2) is 29.5 Å². The minimum atomic E-state index is -0.821. The number of hydrogen-bond donors (Lipinski definition) is 1. The Hall–Kier alpha value is -2.27. The summed E-state index contributed by atoms with van der Waals surface area (Å²) in [4.78, 5) is 24.9. The summed E-state index contributed by atoms with van der Waals surface area (Å²) in [5.41, 5.74) is 1.21. The molecule has 0 heterocycles. The fourth-order valence-electron chi connectivity index (χ4n) is 2.24. The molecule has 0 bridgehead atoms. The molecular weight excluding hydrogens is 334 g/mol. The number of carbonyl (C=O) groups excluding carboxylic acids is 2. The molecule has 0 aliphatic heterocycles. The Kier molecular flexibility index (Phi) is 7.54. The van der Waals surface area contributed by atoms with Gasteiger partial charge in [-0.3, -0.25) is 4.79 Å². The maximum absolute atomic E-state index is 12.5. The SMILES string of the molecule is CC(C)SCCOC(=O)C(NC(=O)c1ccccc1)c1ccccc1. The highest BCUT2D eigenvalue weighted by Gasteiger charge is 2.24. The van der Waals surface area contributed by atoms with Gasteiger partial charge in [-0.2, -0.15) is 11.8 Å². The number of rotatable bonds is 8. The highest BCUT2D eigenvalue weighted by Crippen LogP contribution is 2.16. The number of nitrogens with one attached hydrogen (secondary N) is 1. The Morgan fingerprint density at radius 3 is 2.20 bits per heavy atom. The van der Waals surface area contributed by atoms with Gasteiger partial charge in [0.1, 0.15) is 6.61 Å². The van der Waals surface area contributed by atoms with Crippen molar-refractivity contribution in [3.8, 4) is 0 Å². The van der Waals surface area contributed by atoms with Crippen LogP contribution in [0.1, 0.15) is 35.8 Å². The van der Waals surface area contributed by atoms with Gasteiger partial charge in [0.15, 0.2) is 6.04 Å². The standard InChI is InChI=1S/C20H23NO3S/c1-15(2)25-14-13-24-20(23)18(16-9-5-3-6-10-16)21-19(22)17-11-7-4-8-12-17/h3-12,15,18H,13-14H2,1-2H3,(H,21,22). The molecule has 2 rings (SSSR count). The lowest BCUT2D eigenvalue weighted by molar-refractivity contribution is -0.145.